The van der Waals surface area contributed by atoms with Gasteiger partial charge in [-0.05, 0) is 48.7 Å². The molecule has 1 N–H and O–H groups in total. The summed E-state index contributed by atoms with van der Waals surface area (Å²) in [7, 11) is -2.45. The van der Waals surface area contributed by atoms with Gasteiger partial charge < -0.3 is 15.0 Å². The van der Waals surface area contributed by atoms with Crippen molar-refractivity contribution in [1.29, 1.82) is 0 Å². The van der Waals surface area contributed by atoms with Crippen LogP contribution in [0.15, 0.2) is 36.4 Å². The van der Waals surface area contributed by atoms with E-state index in [0.29, 0.717) is 34.3 Å². The molecule has 8 nitrogen and oxygen atoms in total. The second-order valence-corrected chi connectivity index (χ2v) is 11.2. The number of carbonyl (C=O) groups is 2. The van der Waals surface area contributed by atoms with Crippen LogP contribution >= 0.6 is 34.8 Å². The van der Waals surface area contributed by atoms with Crippen LogP contribution in [0.1, 0.15) is 32.3 Å². The van der Waals surface area contributed by atoms with E-state index in [9.17, 15) is 18.0 Å². The van der Waals surface area contributed by atoms with Gasteiger partial charge in [-0.2, -0.15) is 0 Å². The van der Waals surface area contributed by atoms with Gasteiger partial charge in [0.1, 0.15) is 18.3 Å². The minimum Gasteiger partial charge on any atom is -0.495 e. The molecular formula is C24H30Cl3N3O5S. The Labute approximate surface area is 227 Å². The monoisotopic (exact) mass is 577 g/mol. The maximum atomic E-state index is 13.6. The number of halogens is 3. The van der Waals surface area contributed by atoms with E-state index in [1.807, 2.05) is 6.92 Å². The number of amides is 2. The normalized spacial score (nSPS) is 12.1. The van der Waals surface area contributed by atoms with Gasteiger partial charge in [0.25, 0.3) is 0 Å². The molecular weight excluding hydrogens is 549 g/mol. The van der Waals surface area contributed by atoms with Crippen LogP contribution in [0.5, 0.6) is 5.75 Å². The van der Waals surface area contributed by atoms with E-state index in [2.05, 4.69) is 5.32 Å². The van der Waals surface area contributed by atoms with Crippen molar-refractivity contribution in [2.24, 2.45) is 0 Å². The van der Waals surface area contributed by atoms with Crippen LogP contribution in [0.25, 0.3) is 0 Å². The van der Waals surface area contributed by atoms with Crippen LogP contribution in [-0.2, 0) is 26.2 Å². The summed E-state index contributed by atoms with van der Waals surface area (Å²) in [5, 5.41) is 3.66. The van der Waals surface area contributed by atoms with Gasteiger partial charge in [-0.1, -0.05) is 54.7 Å². The van der Waals surface area contributed by atoms with E-state index in [-0.39, 0.29) is 23.2 Å². The SMILES string of the molecule is CCCNC(=O)[C@H](CC)N(Cc1ccc(Cl)c(Cl)c1)C(=O)CN(c1ccc(OC)c(Cl)c1)S(C)(=O)=O. The van der Waals surface area contributed by atoms with Crippen LogP contribution < -0.4 is 14.4 Å². The van der Waals surface area contributed by atoms with Crippen molar-refractivity contribution >= 4 is 62.3 Å². The van der Waals surface area contributed by atoms with Crippen molar-refractivity contribution in [2.45, 2.75) is 39.3 Å². The van der Waals surface area contributed by atoms with E-state index in [0.717, 1.165) is 17.0 Å². The molecule has 0 spiro atoms. The molecule has 2 rings (SSSR count). The molecule has 0 heterocycles. The molecule has 36 heavy (non-hydrogen) atoms. The first kappa shape index (κ1) is 30.0. The summed E-state index contributed by atoms with van der Waals surface area (Å²) in [4.78, 5) is 27.9. The Bertz CT molecular complexity index is 1190. The van der Waals surface area contributed by atoms with Crippen molar-refractivity contribution in [1.82, 2.24) is 10.2 Å². The largest absolute Gasteiger partial charge is 0.495 e. The first-order valence-corrected chi connectivity index (χ1v) is 14.2. The second-order valence-electron chi connectivity index (χ2n) is 8.07. The quantitative estimate of drug-likeness (QED) is 0.392. The summed E-state index contributed by atoms with van der Waals surface area (Å²) in [6, 6.07) is 8.49. The van der Waals surface area contributed by atoms with E-state index in [4.69, 9.17) is 39.5 Å². The average molecular weight is 579 g/mol. The zero-order valence-electron chi connectivity index (χ0n) is 20.6. The fourth-order valence-electron chi connectivity index (χ4n) is 3.54. The number of rotatable bonds is 12. The van der Waals surface area contributed by atoms with Gasteiger partial charge in [0.2, 0.25) is 21.8 Å². The van der Waals surface area contributed by atoms with E-state index >= 15 is 0 Å². The Balaban J connectivity index is 2.47. The number of hydrogen-bond donors (Lipinski definition) is 1. The highest BCUT2D eigenvalue weighted by molar-refractivity contribution is 7.92. The standard InChI is InChI=1S/C24H30Cl3N3O5S/c1-5-11-28-24(32)21(6-2)29(14-16-7-9-18(25)19(26)12-16)23(31)15-30(36(4,33)34)17-8-10-22(35-3)20(27)13-17/h7-10,12-13,21H,5-6,11,14-15H2,1-4H3,(H,28,32)/t21-/m0/s1. The lowest BCUT2D eigenvalue weighted by Crippen LogP contribution is -2.52. The molecule has 2 aromatic carbocycles. The number of carbonyl (C=O) groups excluding carboxylic acids is 2. The Morgan fingerprint density at radius 1 is 1.03 bits per heavy atom. The maximum Gasteiger partial charge on any atom is 0.244 e. The van der Waals surface area contributed by atoms with E-state index in [1.165, 1.54) is 30.2 Å². The summed E-state index contributed by atoms with van der Waals surface area (Å²) in [6.45, 7) is 3.63. The highest BCUT2D eigenvalue weighted by Gasteiger charge is 2.32. The van der Waals surface area contributed by atoms with E-state index < -0.39 is 28.5 Å². The van der Waals surface area contributed by atoms with Crippen LogP contribution in [0.3, 0.4) is 0 Å². The van der Waals surface area contributed by atoms with Gasteiger partial charge in [0.15, 0.2) is 0 Å². The lowest BCUT2D eigenvalue weighted by Gasteiger charge is -2.33. The third kappa shape index (κ3) is 7.90. The van der Waals surface area contributed by atoms with Gasteiger partial charge >= 0.3 is 0 Å². The van der Waals surface area contributed by atoms with Crippen LogP contribution in [-0.4, -0.2) is 57.6 Å². The predicted octanol–water partition coefficient (Wildman–Crippen LogP) is 4.76. The summed E-state index contributed by atoms with van der Waals surface area (Å²) in [5.41, 5.74) is 0.826. The number of anilines is 1. The molecule has 0 aliphatic heterocycles. The van der Waals surface area contributed by atoms with Crippen molar-refractivity contribution in [3.63, 3.8) is 0 Å². The van der Waals surface area contributed by atoms with Gasteiger partial charge in [0, 0.05) is 13.1 Å². The van der Waals surface area contributed by atoms with Gasteiger partial charge in [-0.3, -0.25) is 13.9 Å². The molecule has 0 bridgehead atoms. The van der Waals surface area contributed by atoms with Crippen LogP contribution in [0.4, 0.5) is 5.69 Å². The molecule has 198 valence electrons. The molecule has 12 heteroatoms. The molecule has 0 aliphatic carbocycles. The van der Waals surface area contributed by atoms with Crippen molar-refractivity contribution < 1.29 is 22.7 Å². The number of ether oxygens (including phenoxy) is 1. The fourth-order valence-corrected chi connectivity index (χ4v) is 4.96. The summed E-state index contributed by atoms with van der Waals surface area (Å²) < 4.78 is 31.4. The minimum atomic E-state index is -3.89. The Hall–Kier alpha value is -2.20. The Morgan fingerprint density at radius 3 is 2.25 bits per heavy atom. The molecule has 0 saturated heterocycles. The first-order valence-electron chi connectivity index (χ1n) is 11.2. The zero-order valence-corrected chi connectivity index (χ0v) is 23.6. The average Bonchev–Trinajstić information content (AvgIpc) is 2.82. The summed E-state index contributed by atoms with van der Waals surface area (Å²) in [6.07, 6.45) is 2.03. The van der Waals surface area contributed by atoms with Gasteiger partial charge in [-0.15, -0.1) is 0 Å². The smallest absolute Gasteiger partial charge is 0.244 e. The fraction of sp³-hybridized carbons (Fsp3) is 0.417. The molecule has 0 aliphatic rings. The molecule has 1 atom stereocenters. The topological polar surface area (TPSA) is 96.0 Å². The third-order valence-corrected chi connectivity index (χ3v) is 7.55. The number of nitrogens with zero attached hydrogens (tertiary/aromatic N) is 2. The highest BCUT2D eigenvalue weighted by Crippen LogP contribution is 2.30. The lowest BCUT2D eigenvalue weighted by molar-refractivity contribution is -0.140. The van der Waals surface area contributed by atoms with Gasteiger partial charge in [0.05, 0.1) is 34.1 Å². The Morgan fingerprint density at radius 2 is 1.72 bits per heavy atom. The van der Waals surface area contributed by atoms with Crippen LogP contribution in [0.2, 0.25) is 15.1 Å². The molecule has 0 fully saturated rings. The van der Waals surface area contributed by atoms with Crippen molar-refractivity contribution in [3.05, 3.63) is 57.0 Å². The summed E-state index contributed by atoms with van der Waals surface area (Å²) in [5.74, 6) is -0.539. The molecule has 0 saturated carbocycles. The van der Waals surface area contributed by atoms with Crippen molar-refractivity contribution in [3.8, 4) is 5.75 Å². The van der Waals surface area contributed by atoms with Crippen molar-refractivity contribution in [2.75, 3.05) is 30.8 Å². The minimum absolute atomic E-state index is 0.0226. The number of benzene rings is 2. The number of hydrogen-bond acceptors (Lipinski definition) is 5. The highest BCUT2D eigenvalue weighted by atomic mass is 35.5. The maximum absolute atomic E-state index is 13.6. The zero-order chi connectivity index (χ0) is 27.0. The Kier molecular flexibility index (Phi) is 11.2. The van der Waals surface area contributed by atoms with Crippen LogP contribution in [0, 0.1) is 0 Å². The molecule has 0 unspecified atom stereocenters. The van der Waals surface area contributed by atoms with E-state index in [1.54, 1.807) is 25.1 Å². The second kappa shape index (κ2) is 13.4. The summed E-state index contributed by atoms with van der Waals surface area (Å²) >= 11 is 18.4. The number of methoxy groups -OCH3 is 1. The third-order valence-electron chi connectivity index (χ3n) is 5.37. The first-order chi connectivity index (χ1) is 16.9. The molecule has 0 radical (unpaired) electrons. The molecule has 2 amide bonds. The molecule has 2 aromatic rings. The lowest BCUT2D eigenvalue weighted by atomic mass is 10.1. The number of sulfonamides is 1. The predicted molar refractivity (Wildman–Crippen MR) is 145 cm³/mol. The van der Waals surface area contributed by atoms with Gasteiger partial charge in [-0.25, -0.2) is 8.42 Å². The number of nitrogens with one attached hydrogen (secondary N) is 1. The molecule has 0 aromatic heterocycles.